The summed E-state index contributed by atoms with van der Waals surface area (Å²) in [5.74, 6) is 0. The molecule has 0 saturated heterocycles. The van der Waals surface area contributed by atoms with E-state index in [9.17, 15) is 8.42 Å². The third-order valence-electron chi connectivity index (χ3n) is 3.22. The summed E-state index contributed by atoms with van der Waals surface area (Å²) in [5, 5.41) is 0.415. The van der Waals surface area contributed by atoms with E-state index >= 15 is 0 Å². The van der Waals surface area contributed by atoms with Crippen LogP contribution in [0.2, 0.25) is 5.02 Å². The lowest BCUT2D eigenvalue weighted by Gasteiger charge is -2.18. The van der Waals surface area contributed by atoms with E-state index in [1.807, 2.05) is 30.3 Å². The molecule has 4 nitrogen and oxygen atoms in total. The van der Waals surface area contributed by atoms with E-state index in [1.54, 1.807) is 7.05 Å². The minimum absolute atomic E-state index is 0.0856. The van der Waals surface area contributed by atoms with E-state index in [0.29, 0.717) is 18.0 Å². The van der Waals surface area contributed by atoms with Crippen molar-refractivity contribution in [1.82, 2.24) is 4.31 Å². The molecule has 0 aromatic heterocycles. The topological polar surface area (TPSA) is 63.4 Å². The normalized spacial score (nSPS) is 11.8. The number of nitrogen functional groups attached to an aromatic ring is 1. The third kappa shape index (κ3) is 3.75. The first-order valence-electron chi connectivity index (χ1n) is 6.46. The second kappa shape index (κ2) is 6.47. The zero-order valence-electron chi connectivity index (χ0n) is 11.7. The number of hydrogen-bond donors (Lipinski definition) is 1. The molecule has 0 radical (unpaired) electrons. The Morgan fingerprint density at radius 2 is 1.81 bits per heavy atom. The number of nitrogens with zero attached hydrogens (tertiary/aromatic N) is 1. The second-order valence-electron chi connectivity index (χ2n) is 4.74. The van der Waals surface area contributed by atoms with Crippen molar-refractivity contribution >= 4 is 27.3 Å². The summed E-state index contributed by atoms with van der Waals surface area (Å²) in [6.07, 6.45) is 0.643. The zero-order chi connectivity index (χ0) is 15.5. The third-order valence-corrected chi connectivity index (χ3v) is 5.38. The van der Waals surface area contributed by atoms with Gasteiger partial charge in [-0.3, -0.25) is 0 Å². The number of halogens is 1. The standard InChI is InChI=1S/C15H17ClN2O2S/c1-18(10-9-12-5-3-2-4-6-12)21(19,20)15-8-7-13(16)11-14(15)17/h2-8,11H,9-10,17H2,1H3. The van der Waals surface area contributed by atoms with Gasteiger partial charge in [0, 0.05) is 18.6 Å². The molecule has 2 aromatic rings. The van der Waals surface area contributed by atoms with Crippen LogP contribution in [-0.2, 0) is 16.4 Å². The summed E-state index contributed by atoms with van der Waals surface area (Å²) in [7, 11) is -2.06. The molecule has 0 aliphatic rings. The predicted molar refractivity (Wildman–Crippen MR) is 85.8 cm³/mol. The monoisotopic (exact) mass is 324 g/mol. The fraction of sp³-hybridized carbons (Fsp3) is 0.200. The molecule has 0 bridgehead atoms. The van der Waals surface area contributed by atoms with Crippen LogP contribution < -0.4 is 5.73 Å². The lowest BCUT2D eigenvalue weighted by molar-refractivity contribution is 0.473. The summed E-state index contributed by atoms with van der Waals surface area (Å²) in [4.78, 5) is 0.0856. The van der Waals surface area contributed by atoms with Gasteiger partial charge in [-0.05, 0) is 30.2 Å². The summed E-state index contributed by atoms with van der Waals surface area (Å²) in [6, 6.07) is 14.1. The number of likely N-dealkylation sites (N-methyl/N-ethyl adjacent to an activating group) is 1. The van der Waals surface area contributed by atoms with Crippen LogP contribution in [0.1, 0.15) is 5.56 Å². The van der Waals surface area contributed by atoms with Crippen molar-refractivity contribution in [3.63, 3.8) is 0 Å². The molecular weight excluding hydrogens is 308 g/mol. The van der Waals surface area contributed by atoms with E-state index in [2.05, 4.69) is 0 Å². The van der Waals surface area contributed by atoms with Gasteiger partial charge < -0.3 is 5.73 Å². The first kappa shape index (κ1) is 15.8. The SMILES string of the molecule is CN(CCc1ccccc1)S(=O)(=O)c1ccc(Cl)cc1N. The van der Waals surface area contributed by atoms with Gasteiger partial charge in [-0.2, -0.15) is 0 Å². The van der Waals surface area contributed by atoms with Crippen LogP contribution in [-0.4, -0.2) is 26.3 Å². The Bertz CT molecular complexity index is 718. The molecule has 0 aliphatic heterocycles. The minimum Gasteiger partial charge on any atom is -0.398 e. The van der Waals surface area contributed by atoms with Crippen LogP contribution in [0.4, 0.5) is 5.69 Å². The van der Waals surface area contributed by atoms with Gasteiger partial charge >= 0.3 is 0 Å². The van der Waals surface area contributed by atoms with Crippen molar-refractivity contribution in [3.05, 3.63) is 59.1 Å². The Hall–Kier alpha value is -1.56. The van der Waals surface area contributed by atoms with Crippen LogP contribution in [0.25, 0.3) is 0 Å². The van der Waals surface area contributed by atoms with Gasteiger partial charge in [0.25, 0.3) is 0 Å². The molecule has 21 heavy (non-hydrogen) atoms. The average Bonchev–Trinajstić information content (AvgIpc) is 2.45. The first-order chi connectivity index (χ1) is 9.91. The maximum atomic E-state index is 12.5. The van der Waals surface area contributed by atoms with Gasteiger partial charge in [0.2, 0.25) is 10.0 Å². The molecule has 2 N–H and O–H groups in total. The summed E-state index contributed by atoms with van der Waals surface area (Å²) < 4.78 is 26.3. The number of hydrogen-bond acceptors (Lipinski definition) is 3. The van der Waals surface area contributed by atoms with Crippen LogP contribution in [0.5, 0.6) is 0 Å². The molecule has 0 fully saturated rings. The van der Waals surface area contributed by atoms with Crippen molar-refractivity contribution in [3.8, 4) is 0 Å². The van der Waals surface area contributed by atoms with Gasteiger partial charge in [0.1, 0.15) is 4.90 Å². The van der Waals surface area contributed by atoms with E-state index in [4.69, 9.17) is 17.3 Å². The van der Waals surface area contributed by atoms with E-state index < -0.39 is 10.0 Å². The van der Waals surface area contributed by atoms with Crippen molar-refractivity contribution < 1.29 is 8.42 Å². The van der Waals surface area contributed by atoms with Gasteiger partial charge in [0.05, 0.1) is 5.69 Å². The van der Waals surface area contributed by atoms with Gasteiger partial charge in [-0.15, -0.1) is 0 Å². The highest BCUT2D eigenvalue weighted by molar-refractivity contribution is 7.89. The van der Waals surface area contributed by atoms with Gasteiger partial charge in [-0.1, -0.05) is 41.9 Å². The maximum absolute atomic E-state index is 12.5. The molecule has 0 unspecified atom stereocenters. The highest BCUT2D eigenvalue weighted by atomic mass is 35.5. The fourth-order valence-electron chi connectivity index (χ4n) is 1.97. The minimum atomic E-state index is -3.61. The zero-order valence-corrected chi connectivity index (χ0v) is 13.2. The average molecular weight is 325 g/mol. The second-order valence-corrected chi connectivity index (χ2v) is 7.19. The number of rotatable bonds is 5. The van der Waals surface area contributed by atoms with E-state index in [-0.39, 0.29) is 10.6 Å². The quantitative estimate of drug-likeness (QED) is 0.860. The van der Waals surface area contributed by atoms with Crippen molar-refractivity contribution in [2.75, 3.05) is 19.3 Å². The Labute approximate surface area is 130 Å². The molecule has 0 atom stereocenters. The van der Waals surface area contributed by atoms with Gasteiger partial charge in [0.15, 0.2) is 0 Å². The van der Waals surface area contributed by atoms with Crippen LogP contribution >= 0.6 is 11.6 Å². The van der Waals surface area contributed by atoms with Gasteiger partial charge in [-0.25, -0.2) is 12.7 Å². The van der Waals surface area contributed by atoms with Crippen molar-refractivity contribution in [1.29, 1.82) is 0 Å². The van der Waals surface area contributed by atoms with E-state index in [1.165, 1.54) is 22.5 Å². The molecule has 0 spiro atoms. The predicted octanol–water partition coefficient (Wildman–Crippen LogP) is 2.79. The molecule has 2 aromatic carbocycles. The Kier molecular flexibility index (Phi) is 4.88. The number of benzene rings is 2. The van der Waals surface area contributed by atoms with Crippen molar-refractivity contribution in [2.24, 2.45) is 0 Å². The lowest BCUT2D eigenvalue weighted by Crippen LogP contribution is -2.29. The van der Waals surface area contributed by atoms with Crippen LogP contribution in [0.3, 0.4) is 0 Å². The molecular formula is C15H17ClN2O2S. The number of anilines is 1. The molecule has 6 heteroatoms. The summed E-state index contributed by atoms with van der Waals surface area (Å²) in [5.41, 5.74) is 7.01. The Morgan fingerprint density at radius 1 is 1.14 bits per heavy atom. The summed E-state index contributed by atoms with van der Waals surface area (Å²) in [6.45, 7) is 0.383. The fourth-order valence-corrected chi connectivity index (χ4v) is 3.42. The number of nitrogens with two attached hydrogens (primary N) is 1. The molecule has 0 aliphatic carbocycles. The van der Waals surface area contributed by atoms with Crippen molar-refractivity contribution in [2.45, 2.75) is 11.3 Å². The molecule has 2 rings (SSSR count). The molecule has 0 amide bonds. The number of sulfonamides is 1. The highest BCUT2D eigenvalue weighted by Gasteiger charge is 2.23. The smallest absolute Gasteiger partial charge is 0.244 e. The lowest BCUT2D eigenvalue weighted by atomic mass is 10.2. The van der Waals surface area contributed by atoms with Crippen LogP contribution in [0.15, 0.2) is 53.4 Å². The molecule has 112 valence electrons. The first-order valence-corrected chi connectivity index (χ1v) is 8.28. The largest absolute Gasteiger partial charge is 0.398 e. The highest BCUT2D eigenvalue weighted by Crippen LogP contribution is 2.24. The van der Waals surface area contributed by atoms with Crippen LogP contribution in [0, 0.1) is 0 Å². The Morgan fingerprint density at radius 3 is 2.43 bits per heavy atom. The molecule has 0 saturated carbocycles. The molecule has 0 heterocycles. The van der Waals surface area contributed by atoms with E-state index in [0.717, 1.165) is 5.56 Å². The maximum Gasteiger partial charge on any atom is 0.244 e. The summed E-state index contributed by atoms with van der Waals surface area (Å²) >= 11 is 5.80. The Balaban J connectivity index is 2.15.